The topological polar surface area (TPSA) is 51.9 Å². The lowest BCUT2D eigenvalue weighted by atomic mass is 10.1. The van der Waals surface area contributed by atoms with Crippen molar-refractivity contribution >= 4 is 22.6 Å². The SMILES string of the molecule is CC.CCn1c(C)cc2ccc(C(=O)Nc3ccn(CCC(F)(F)F)n3)cc21. The summed E-state index contributed by atoms with van der Waals surface area (Å²) >= 11 is 0. The highest BCUT2D eigenvalue weighted by molar-refractivity contribution is 6.05. The highest BCUT2D eigenvalue weighted by atomic mass is 19.4. The van der Waals surface area contributed by atoms with E-state index in [1.807, 2.05) is 39.8 Å². The summed E-state index contributed by atoms with van der Waals surface area (Å²) in [6.07, 6.45) is -3.79. The number of alkyl halides is 3. The summed E-state index contributed by atoms with van der Waals surface area (Å²) in [6, 6.07) is 8.94. The minimum atomic E-state index is -4.24. The molecule has 28 heavy (non-hydrogen) atoms. The van der Waals surface area contributed by atoms with Gasteiger partial charge in [0, 0.05) is 42.1 Å². The zero-order chi connectivity index (χ0) is 20.9. The van der Waals surface area contributed by atoms with Gasteiger partial charge in [-0.15, -0.1) is 0 Å². The van der Waals surface area contributed by atoms with Crippen molar-refractivity contribution in [3.63, 3.8) is 0 Å². The van der Waals surface area contributed by atoms with Crippen molar-refractivity contribution in [3.8, 4) is 0 Å². The van der Waals surface area contributed by atoms with Gasteiger partial charge >= 0.3 is 6.18 Å². The number of nitrogens with one attached hydrogen (secondary N) is 1. The molecule has 0 spiro atoms. The first-order valence-electron chi connectivity index (χ1n) is 9.28. The maximum atomic E-state index is 12.4. The molecule has 3 rings (SSSR count). The van der Waals surface area contributed by atoms with Crippen molar-refractivity contribution in [3.05, 3.63) is 47.8 Å². The monoisotopic (exact) mass is 394 g/mol. The first-order chi connectivity index (χ1) is 13.3. The number of aryl methyl sites for hydroxylation is 3. The first kappa shape index (κ1) is 21.5. The molecule has 0 aliphatic heterocycles. The van der Waals surface area contributed by atoms with Gasteiger partial charge in [-0.1, -0.05) is 19.9 Å². The van der Waals surface area contributed by atoms with Gasteiger partial charge in [-0.3, -0.25) is 9.48 Å². The standard InChI is InChI=1S/C18H19F3N4O.C2H6/c1-3-25-12(2)10-13-4-5-14(11-15(13)25)17(26)22-16-6-8-24(23-16)9-7-18(19,20)21;1-2/h4-6,8,10-11H,3,7,9H2,1-2H3,(H,22,23,26);1-2H3. The number of hydrogen-bond donors (Lipinski definition) is 1. The molecule has 0 bridgehead atoms. The fourth-order valence-corrected chi connectivity index (χ4v) is 2.94. The molecule has 0 atom stereocenters. The molecule has 1 amide bonds. The van der Waals surface area contributed by atoms with Gasteiger partial charge in [0.15, 0.2) is 5.82 Å². The maximum absolute atomic E-state index is 12.4. The fraction of sp³-hybridized carbons (Fsp3) is 0.400. The van der Waals surface area contributed by atoms with E-state index >= 15 is 0 Å². The van der Waals surface area contributed by atoms with Crippen LogP contribution in [0.25, 0.3) is 10.9 Å². The van der Waals surface area contributed by atoms with E-state index in [-0.39, 0.29) is 18.3 Å². The molecule has 0 unspecified atom stereocenters. The number of carbonyl (C=O) groups is 1. The minimum absolute atomic E-state index is 0.222. The van der Waals surface area contributed by atoms with Crippen molar-refractivity contribution in [1.29, 1.82) is 0 Å². The highest BCUT2D eigenvalue weighted by Crippen LogP contribution is 2.22. The third-order valence-corrected chi connectivity index (χ3v) is 4.20. The molecule has 5 nitrogen and oxygen atoms in total. The Morgan fingerprint density at radius 1 is 1.18 bits per heavy atom. The summed E-state index contributed by atoms with van der Waals surface area (Å²) in [5, 5.41) is 7.63. The number of amides is 1. The summed E-state index contributed by atoms with van der Waals surface area (Å²) in [5.41, 5.74) is 2.55. The molecule has 3 aromatic rings. The van der Waals surface area contributed by atoms with Crippen molar-refractivity contribution in [2.75, 3.05) is 5.32 Å². The molecule has 0 fully saturated rings. The molecule has 2 heterocycles. The molecule has 0 radical (unpaired) electrons. The minimum Gasteiger partial charge on any atom is -0.345 e. The molecule has 0 saturated heterocycles. The third kappa shape index (κ3) is 5.15. The lowest BCUT2D eigenvalue weighted by molar-refractivity contribution is -0.137. The molecule has 152 valence electrons. The van der Waals surface area contributed by atoms with E-state index in [4.69, 9.17) is 0 Å². The van der Waals surface area contributed by atoms with Crippen LogP contribution >= 0.6 is 0 Å². The Morgan fingerprint density at radius 2 is 1.89 bits per heavy atom. The molecule has 1 N–H and O–H groups in total. The number of fused-ring (bicyclic) bond motifs is 1. The van der Waals surface area contributed by atoms with Gasteiger partial charge in [0.25, 0.3) is 5.91 Å². The summed E-state index contributed by atoms with van der Waals surface area (Å²) in [5.74, 6) is -0.131. The lowest BCUT2D eigenvalue weighted by Crippen LogP contribution is -2.14. The molecular weight excluding hydrogens is 369 g/mol. The van der Waals surface area contributed by atoms with E-state index in [0.29, 0.717) is 5.56 Å². The Kier molecular flexibility index (Phi) is 6.88. The molecular formula is C20H25F3N4O. The van der Waals surface area contributed by atoms with Crippen molar-refractivity contribution in [1.82, 2.24) is 14.3 Å². The van der Waals surface area contributed by atoms with E-state index in [2.05, 4.69) is 21.0 Å². The maximum Gasteiger partial charge on any atom is 0.390 e. The second-order valence-corrected chi connectivity index (χ2v) is 6.09. The Morgan fingerprint density at radius 3 is 2.54 bits per heavy atom. The van der Waals surface area contributed by atoms with Crippen molar-refractivity contribution < 1.29 is 18.0 Å². The Balaban J connectivity index is 0.00000136. The molecule has 1 aromatic carbocycles. The second kappa shape index (κ2) is 8.95. The summed E-state index contributed by atoms with van der Waals surface area (Å²) in [4.78, 5) is 12.4. The number of aromatic nitrogens is 3. The van der Waals surface area contributed by atoms with Gasteiger partial charge in [-0.2, -0.15) is 18.3 Å². The molecule has 0 aliphatic rings. The molecule has 0 saturated carbocycles. The van der Waals surface area contributed by atoms with Crippen LogP contribution in [-0.4, -0.2) is 26.4 Å². The highest BCUT2D eigenvalue weighted by Gasteiger charge is 2.26. The summed E-state index contributed by atoms with van der Waals surface area (Å²) in [6.45, 7) is 8.56. The Bertz CT molecular complexity index is 941. The van der Waals surface area contributed by atoms with Gasteiger partial charge in [0.2, 0.25) is 0 Å². The zero-order valence-electron chi connectivity index (χ0n) is 16.5. The van der Waals surface area contributed by atoms with Gasteiger partial charge in [-0.25, -0.2) is 0 Å². The second-order valence-electron chi connectivity index (χ2n) is 6.09. The number of nitrogens with zero attached hydrogens (tertiary/aromatic N) is 3. The fourth-order valence-electron chi connectivity index (χ4n) is 2.94. The van der Waals surface area contributed by atoms with E-state index in [0.717, 1.165) is 27.8 Å². The smallest absolute Gasteiger partial charge is 0.345 e. The van der Waals surface area contributed by atoms with Crippen LogP contribution in [0.15, 0.2) is 36.5 Å². The predicted molar refractivity (Wildman–Crippen MR) is 105 cm³/mol. The Labute approximate surface area is 162 Å². The normalized spacial score (nSPS) is 11.2. The van der Waals surface area contributed by atoms with Crippen LogP contribution in [0.4, 0.5) is 19.0 Å². The Hall–Kier alpha value is -2.77. The number of rotatable bonds is 5. The van der Waals surface area contributed by atoms with Crippen LogP contribution < -0.4 is 5.32 Å². The van der Waals surface area contributed by atoms with E-state index in [9.17, 15) is 18.0 Å². The van der Waals surface area contributed by atoms with Crippen molar-refractivity contribution in [2.45, 2.75) is 53.4 Å². The van der Waals surface area contributed by atoms with Crippen LogP contribution in [-0.2, 0) is 13.1 Å². The number of carbonyl (C=O) groups excluding carboxylic acids is 1. The van der Waals surface area contributed by atoms with Crippen molar-refractivity contribution in [2.24, 2.45) is 0 Å². The molecule has 0 aliphatic carbocycles. The average Bonchev–Trinajstić information content (AvgIpc) is 3.23. The molecule has 8 heteroatoms. The van der Waals surface area contributed by atoms with Gasteiger partial charge in [0.05, 0.1) is 6.42 Å². The predicted octanol–water partition coefficient (Wildman–Crippen LogP) is 5.40. The van der Waals surface area contributed by atoms with Crippen LogP contribution in [0.5, 0.6) is 0 Å². The van der Waals surface area contributed by atoms with E-state index in [1.54, 1.807) is 6.07 Å². The summed E-state index contributed by atoms with van der Waals surface area (Å²) < 4.78 is 40.0. The largest absolute Gasteiger partial charge is 0.390 e. The van der Waals surface area contributed by atoms with Gasteiger partial charge in [-0.05, 0) is 37.4 Å². The quantitative estimate of drug-likeness (QED) is 0.630. The van der Waals surface area contributed by atoms with Crippen LogP contribution in [0.1, 0.15) is 43.2 Å². The van der Waals surface area contributed by atoms with E-state index in [1.165, 1.54) is 12.3 Å². The lowest BCUT2D eigenvalue weighted by Gasteiger charge is -2.07. The number of halogens is 3. The average molecular weight is 394 g/mol. The zero-order valence-corrected chi connectivity index (χ0v) is 16.5. The number of hydrogen-bond acceptors (Lipinski definition) is 2. The van der Waals surface area contributed by atoms with Gasteiger partial charge in [0.1, 0.15) is 0 Å². The number of anilines is 1. The molecule has 2 aromatic heterocycles. The summed E-state index contributed by atoms with van der Waals surface area (Å²) in [7, 11) is 0. The van der Waals surface area contributed by atoms with E-state index < -0.39 is 12.6 Å². The van der Waals surface area contributed by atoms with Crippen LogP contribution in [0, 0.1) is 6.92 Å². The third-order valence-electron chi connectivity index (χ3n) is 4.20. The van der Waals surface area contributed by atoms with Crippen LogP contribution in [0.2, 0.25) is 0 Å². The number of benzene rings is 1. The van der Waals surface area contributed by atoms with Crippen LogP contribution in [0.3, 0.4) is 0 Å². The van der Waals surface area contributed by atoms with Gasteiger partial charge < -0.3 is 9.88 Å². The first-order valence-corrected chi connectivity index (χ1v) is 9.28.